The molecule has 0 spiro atoms. The van der Waals surface area contributed by atoms with Crippen LogP contribution in [0.2, 0.25) is 0 Å². The molecule has 0 bridgehead atoms. The number of rotatable bonds is 11. The van der Waals surface area contributed by atoms with E-state index < -0.39 is 11.5 Å². The van der Waals surface area contributed by atoms with Crippen molar-refractivity contribution in [3.63, 3.8) is 0 Å². The van der Waals surface area contributed by atoms with Crippen LogP contribution in [0.25, 0.3) is 0 Å². The van der Waals surface area contributed by atoms with Crippen LogP contribution in [0.5, 0.6) is 0 Å². The van der Waals surface area contributed by atoms with Gasteiger partial charge >= 0.3 is 5.97 Å². The topological polar surface area (TPSA) is 58.6 Å². The molecule has 0 aromatic heterocycles. The summed E-state index contributed by atoms with van der Waals surface area (Å²) in [5, 5.41) is 12.9. The molecule has 0 saturated heterocycles. The molecule has 2 rings (SSSR count). The normalized spacial score (nSPS) is 28.9. The van der Waals surface area contributed by atoms with Gasteiger partial charge in [-0.15, -0.1) is 0 Å². The quantitative estimate of drug-likeness (QED) is 0.573. The Balaban J connectivity index is 1.61. The molecule has 2 saturated carbocycles. The molecule has 4 nitrogen and oxygen atoms in total. The van der Waals surface area contributed by atoms with Crippen molar-refractivity contribution in [2.75, 3.05) is 6.61 Å². The van der Waals surface area contributed by atoms with Gasteiger partial charge in [-0.1, -0.05) is 39.0 Å². The van der Waals surface area contributed by atoms with E-state index in [1.165, 1.54) is 32.1 Å². The summed E-state index contributed by atoms with van der Waals surface area (Å²) >= 11 is 0. The molecule has 2 N–H and O–H groups in total. The first kappa shape index (κ1) is 16.8. The van der Waals surface area contributed by atoms with Gasteiger partial charge in [-0.2, -0.15) is 0 Å². The molecule has 2 unspecified atom stereocenters. The Bertz CT molecular complexity index is 330. The molecule has 2 aliphatic carbocycles. The summed E-state index contributed by atoms with van der Waals surface area (Å²) < 4.78 is 5.91. The van der Waals surface area contributed by atoms with Crippen LogP contribution in [-0.4, -0.2) is 35.4 Å². The first-order valence-corrected chi connectivity index (χ1v) is 8.79. The summed E-state index contributed by atoms with van der Waals surface area (Å²) in [5.41, 5.74) is -0.715. The maximum absolute atomic E-state index is 11.6. The fourth-order valence-electron chi connectivity index (χ4n) is 3.28. The van der Waals surface area contributed by atoms with Crippen LogP contribution in [0.1, 0.15) is 77.6 Å². The van der Waals surface area contributed by atoms with Crippen molar-refractivity contribution < 1.29 is 14.6 Å². The number of carboxylic acids is 1. The lowest BCUT2D eigenvalue weighted by Crippen LogP contribution is -2.51. The molecule has 0 amide bonds. The van der Waals surface area contributed by atoms with Crippen LogP contribution in [0, 0.1) is 0 Å². The number of carboxylic acid groups (broad SMARTS) is 1. The van der Waals surface area contributed by atoms with E-state index in [-0.39, 0.29) is 6.10 Å². The first-order valence-electron chi connectivity index (χ1n) is 8.79. The first-order chi connectivity index (χ1) is 10.2. The molecule has 0 aromatic carbocycles. The summed E-state index contributed by atoms with van der Waals surface area (Å²) in [4.78, 5) is 11.6. The molecule has 0 aliphatic heterocycles. The van der Waals surface area contributed by atoms with Crippen LogP contribution >= 0.6 is 0 Å². The zero-order chi connectivity index (χ0) is 15.1. The van der Waals surface area contributed by atoms with E-state index in [1.54, 1.807) is 0 Å². The largest absolute Gasteiger partial charge is 0.480 e. The van der Waals surface area contributed by atoms with Gasteiger partial charge in [0.05, 0.1) is 6.10 Å². The van der Waals surface area contributed by atoms with Crippen molar-refractivity contribution in [3.8, 4) is 0 Å². The van der Waals surface area contributed by atoms with Crippen molar-refractivity contribution in [2.45, 2.75) is 95.2 Å². The van der Waals surface area contributed by atoms with Gasteiger partial charge in [0.15, 0.2) is 0 Å². The third-order valence-electron chi connectivity index (χ3n) is 4.79. The number of nitrogens with one attached hydrogen (secondary N) is 1. The number of unbranched alkanes of at least 4 members (excludes halogenated alkanes) is 5. The molecule has 2 aliphatic rings. The molecule has 2 atom stereocenters. The van der Waals surface area contributed by atoms with E-state index in [1.807, 2.05) is 0 Å². The second-order valence-electron chi connectivity index (χ2n) is 6.81. The highest BCUT2D eigenvalue weighted by Gasteiger charge is 2.48. The molecule has 0 radical (unpaired) electrons. The maximum Gasteiger partial charge on any atom is 0.324 e. The minimum atomic E-state index is -0.715. The number of hydrogen-bond acceptors (Lipinski definition) is 3. The second-order valence-corrected chi connectivity index (χ2v) is 6.81. The maximum atomic E-state index is 11.6. The number of aliphatic carboxylic acids is 1. The minimum absolute atomic E-state index is 0.128. The van der Waals surface area contributed by atoms with Crippen molar-refractivity contribution in [1.82, 2.24) is 5.32 Å². The van der Waals surface area contributed by atoms with Crippen LogP contribution < -0.4 is 5.32 Å². The predicted octanol–water partition coefficient (Wildman–Crippen LogP) is 3.49. The Morgan fingerprint density at radius 3 is 2.57 bits per heavy atom. The molecule has 4 heteroatoms. The van der Waals surface area contributed by atoms with Gasteiger partial charge in [0.1, 0.15) is 5.54 Å². The van der Waals surface area contributed by atoms with E-state index in [0.29, 0.717) is 18.9 Å². The van der Waals surface area contributed by atoms with E-state index in [0.717, 1.165) is 32.3 Å². The second kappa shape index (κ2) is 8.14. The molecule has 122 valence electrons. The fraction of sp³-hybridized carbons (Fsp3) is 0.941. The standard InChI is InChI=1S/C17H31NO3/c1-2-3-4-5-6-7-12-21-15-10-11-17(13-15,16(19)20)18-14-8-9-14/h14-15,18H,2-13H2,1H3,(H,19,20). The van der Waals surface area contributed by atoms with E-state index in [2.05, 4.69) is 12.2 Å². The third kappa shape index (κ3) is 5.26. The van der Waals surface area contributed by atoms with Gasteiger partial charge in [0, 0.05) is 19.1 Å². The van der Waals surface area contributed by atoms with Gasteiger partial charge < -0.3 is 9.84 Å². The average molecular weight is 297 g/mol. The SMILES string of the molecule is CCCCCCCCOC1CCC(NC2CC2)(C(=O)O)C1. The Hall–Kier alpha value is -0.610. The van der Waals surface area contributed by atoms with Crippen molar-refractivity contribution in [3.05, 3.63) is 0 Å². The highest BCUT2D eigenvalue weighted by molar-refractivity contribution is 5.79. The van der Waals surface area contributed by atoms with Crippen LogP contribution in [0.3, 0.4) is 0 Å². The van der Waals surface area contributed by atoms with Crippen molar-refractivity contribution >= 4 is 5.97 Å². The lowest BCUT2D eigenvalue weighted by atomic mass is 9.97. The van der Waals surface area contributed by atoms with Gasteiger partial charge in [0.25, 0.3) is 0 Å². The van der Waals surface area contributed by atoms with E-state index in [4.69, 9.17) is 4.74 Å². The Morgan fingerprint density at radius 2 is 1.90 bits per heavy atom. The number of hydrogen-bond donors (Lipinski definition) is 2. The molecule has 0 heterocycles. The highest BCUT2D eigenvalue weighted by Crippen LogP contribution is 2.35. The van der Waals surface area contributed by atoms with E-state index in [9.17, 15) is 9.90 Å². The minimum Gasteiger partial charge on any atom is -0.480 e. The zero-order valence-electron chi connectivity index (χ0n) is 13.4. The zero-order valence-corrected chi connectivity index (χ0v) is 13.4. The predicted molar refractivity (Wildman–Crippen MR) is 83.5 cm³/mol. The monoisotopic (exact) mass is 297 g/mol. The summed E-state index contributed by atoms with van der Waals surface area (Å²) in [6, 6.07) is 0.429. The Morgan fingerprint density at radius 1 is 1.19 bits per heavy atom. The summed E-state index contributed by atoms with van der Waals surface area (Å²) in [7, 11) is 0. The number of carbonyl (C=O) groups is 1. The van der Waals surface area contributed by atoms with Gasteiger partial charge in [-0.05, 0) is 32.1 Å². The van der Waals surface area contributed by atoms with Crippen LogP contribution in [-0.2, 0) is 9.53 Å². The average Bonchev–Trinajstić information content (AvgIpc) is 3.16. The summed E-state index contributed by atoms with van der Waals surface area (Å²) in [5.74, 6) is -0.694. The molecule has 21 heavy (non-hydrogen) atoms. The van der Waals surface area contributed by atoms with Crippen LogP contribution in [0.15, 0.2) is 0 Å². The van der Waals surface area contributed by atoms with Gasteiger partial charge in [-0.25, -0.2) is 0 Å². The van der Waals surface area contributed by atoms with Crippen molar-refractivity contribution in [2.24, 2.45) is 0 Å². The Kier molecular flexibility index (Phi) is 6.49. The lowest BCUT2D eigenvalue weighted by Gasteiger charge is -2.26. The van der Waals surface area contributed by atoms with Crippen molar-refractivity contribution in [1.29, 1.82) is 0 Å². The van der Waals surface area contributed by atoms with E-state index >= 15 is 0 Å². The smallest absolute Gasteiger partial charge is 0.324 e. The summed E-state index contributed by atoms with van der Waals surface area (Å²) in [6.07, 6.45) is 12.2. The Labute approximate surface area is 128 Å². The third-order valence-corrected chi connectivity index (χ3v) is 4.79. The van der Waals surface area contributed by atoms with Gasteiger partial charge in [0.2, 0.25) is 0 Å². The fourth-order valence-corrected chi connectivity index (χ4v) is 3.28. The number of ether oxygens (including phenoxy) is 1. The lowest BCUT2D eigenvalue weighted by molar-refractivity contribution is -0.145. The molecular weight excluding hydrogens is 266 g/mol. The molecule has 2 fully saturated rings. The summed E-state index contributed by atoms with van der Waals surface area (Å²) in [6.45, 7) is 3.02. The van der Waals surface area contributed by atoms with Gasteiger partial charge in [-0.3, -0.25) is 10.1 Å². The van der Waals surface area contributed by atoms with Crippen LogP contribution in [0.4, 0.5) is 0 Å². The molecule has 0 aromatic rings. The highest BCUT2D eigenvalue weighted by atomic mass is 16.5. The molecular formula is C17H31NO3.